The van der Waals surface area contributed by atoms with Gasteiger partial charge in [0, 0.05) is 0 Å². The van der Waals surface area contributed by atoms with Crippen molar-refractivity contribution >= 4 is 23.5 Å². The number of nitrogens with zero attached hydrogens (tertiary/aromatic N) is 1. The lowest BCUT2D eigenvalue weighted by atomic mass is 10.4. The molecule has 0 amide bonds. The molecule has 0 heterocycles. The van der Waals surface area contributed by atoms with Crippen LogP contribution in [0.1, 0.15) is 0 Å². The topological polar surface area (TPSA) is 43.1 Å². The van der Waals surface area contributed by atoms with Crippen molar-refractivity contribution in [1.29, 1.82) is 0 Å². The van der Waals surface area contributed by atoms with Gasteiger partial charge in [-0.15, -0.1) is 0 Å². The minimum Gasteiger partial charge on any atom is -0.250 e. The molecule has 0 atom stereocenters. The van der Waals surface area contributed by atoms with Crippen LogP contribution in [0.2, 0.25) is 5.02 Å². The van der Waals surface area contributed by atoms with Crippen LogP contribution in [0.15, 0.2) is 29.2 Å². The molecule has 0 N–H and O–H groups in total. The summed E-state index contributed by atoms with van der Waals surface area (Å²) in [6.07, 6.45) is 0. The van der Waals surface area contributed by atoms with E-state index in [1.807, 2.05) is 0 Å². The Morgan fingerprint density at radius 2 is 2.09 bits per heavy atom. The van der Waals surface area contributed by atoms with E-state index in [4.69, 9.17) is 11.6 Å². The zero-order valence-electron chi connectivity index (χ0n) is 5.36. The maximum atomic E-state index is 10.0. The van der Waals surface area contributed by atoms with Gasteiger partial charge in [-0.25, -0.2) is 0 Å². The van der Waals surface area contributed by atoms with E-state index in [9.17, 15) is 10.1 Å². The molecule has 0 aliphatic heterocycles. The highest BCUT2D eigenvalue weighted by molar-refractivity contribution is 7.93. The molecule has 0 fully saturated rings. The van der Waals surface area contributed by atoms with Crippen molar-refractivity contribution in [3.8, 4) is 0 Å². The average molecular weight is 190 g/mol. The SMILES string of the molecule is O=[N+]([O-])Sc1ccccc1Cl. The highest BCUT2D eigenvalue weighted by Gasteiger charge is 2.07. The van der Waals surface area contributed by atoms with Crippen LogP contribution in [0.3, 0.4) is 0 Å². The summed E-state index contributed by atoms with van der Waals surface area (Å²) in [5, 5.41) is 10.4. The van der Waals surface area contributed by atoms with Gasteiger partial charge in [-0.05, 0) is 12.1 Å². The third-order valence-electron chi connectivity index (χ3n) is 1.01. The minimum atomic E-state index is -0.485. The molecule has 0 bridgehead atoms. The van der Waals surface area contributed by atoms with E-state index in [0.717, 1.165) is 0 Å². The lowest BCUT2D eigenvalue weighted by Crippen LogP contribution is -1.83. The summed E-state index contributed by atoms with van der Waals surface area (Å²) in [4.78, 5) is 10.5. The molecule has 0 saturated carbocycles. The van der Waals surface area contributed by atoms with Crippen LogP contribution in [0.4, 0.5) is 0 Å². The van der Waals surface area contributed by atoms with Crippen LogP contribution in [-0.2, 0) is 0 Å². The van der Waals surface area contributed by atoms with E-state index >= 15 is 0 Å². The van der Waals surface area contributed by atoms with E-state index in [-0.39, 0.29) is 0 Å². The fourth-order valence-electron chi connectivity index (χ4n) is 0.599. The summed E-state index contributed by atoms with van der Waals surface area (Å²) in [5.41, 5.74) is 0. The molecule has 5 heteroatoms. The second-order valence-corrected chi connectivity index (χ2v) is 3.07. The number of rotatable bonds is 2. The maximum absolute atomic E-state index is 10.0. The molecule has 0 aromatic heterocycles. The third-order valence-corrected chi connectivity index (χ3v) is 2.15. The molecule has 0 saturated heterocycles. The van der Waals surface area contributed by atoms with Gasteiger partial charge in [0.1, 0.15) is 9.22 Å². The van der Waals surface area contributed by atoms with Crippen LogP contribution in [0.25, 0.3) is 0 Å². The largest absolute Gasteiger partial charge is 0.267 e. The summed E-state index contributed by atoms with van der Waals surface area (Å²) in [7, 11) is 0. The number of nitro groups is 1. The molecule has 1 aromatic rings. The number of halogens is 1. The molecule has 0 aliphatic carbocycles. The Morgan fingerprint density at radius 1 is 1.45 bits per heavy atom. The summed E-state index contributed by atoms with van der Waals surface area (Å²) in [5.74, 6) is 0. The first-order chi connectivity index (χ1) is 5.20. The Hall–Kier alpha value is -0.740. The van der Waals surface area contributed by atoms with Gasteiger partial charge in [0.2, 0.25) is 0 Å². The summed E-state index contributed by atoms with van der Waals surface area (Å²) >= 11 is 6.16. The van der Waals surface area contributed by atoms with Crippen LogP contribution in [-0.4, -0.2) is 4.33 Å². The smallest absolute Gasteiger partial charge is 0.250 e. The first kappa shape index (κ1) is 8.36. The first-order valence-corrected chi connectivity index (χ1v) is 3.92. The first-order valence-electron chi connectivity index (χ1n) is 2.77. The van der Waals surface area contributed by atoms with Crippen LogP contribution in [0, 0.1) is 10.1 Å². The molecule has 0 radical (unpaired) electrons. The summed E-state index contributed by atoms with van der Waals surface area (Å²) < 4.78 is -0.485. The van der Waals surface area contributed by atoms with Crippen molar-refractivity contribution in [3.05, 3.63) is 39.4 Å². The Morgan fingerprint density at radius 3 is 2.64 bits per heavy atom. The minimum absolute atomic E-state index is 0.411. The van der Waals surface area contributed by atoms with Gasteiger partial charge in [0.15, 0.2) is 0 Å². The van der Waals surface area contributed by atoms with Crippen molar-refractivity contribution in [1.82, 2.24) is 0 Å². The molecule has 11 heavy (non-hydrogen) atoms. The van der Waals surface area contributed by atoms with Crippen molar-refractivity contribution < 1.29 is 4.33 Å². The lowest BCUT2D eigenvalue weighted by Gasteiger charge is -1.92. The molecule has 0 spiro atoms. The highest BCUT2D eigenvalue weighted by atomic mass is 35.5. The van der Waals surface area contributed by atoms with E-state index in [1.54, 1.807) is 24.3 Å². The monoisotopic (exact) mass is 189 g/mol. The quantitative estimate of drug-likeness (QED) is 0.408. The lowest BCUT2D eigenvalue weighted by molar-refractivity contribution is -0.284. The molecule has 3 nitrogen and oxygen atoms in total. The fraction of sp³-hybridized carbons (Fsp3) is 0. The zero-order valence-corrected chi connectivity index (χ0v) is 6.93. The second kappa shape index (κ2) is 3.59. The second-order valence-electron chi connectivity index (χ2n) is 1.75. The summed E-state index contributed by atoms with van der Waals surface area (Å²) in [6, 6.07) is 6.66. The van der Waals surface area contributed by atoms with Gasteiger partial charge in [-0.3, -0.25) is 10.1 Å². The molecule has 0 aliphatic rings. The van der Waals surface area contributed by atoms with Gasteiger partial charge >= 0.3 is 0 Å². The van der Waals surface area contributed by atoms with Crippen molar-refractivity contribution in [2.45, 2.75) is 4.90 Å². The van der Waals surface area contributed by atoms with Crippen LogP contribution >= 0.6 is 23.5 Å². The van der Waals surface area contributed by atoms with Crippen molar-refractivity contribution in [2.75, 3.05) is 0 Å². The van der Waals surface area contributed by atoms with Gasteiger partial charge in [-0.2, -0.15) is 0 Å². The average Bonchev–Trinajstić information content (AvgIpc) is 1.93. The predicted molar refractivity (Wildman–Crippen MR) is 44.3 cm³/mol. The maximum Gasteiger partial charge on any atom is 0.267 e. The molecular weight excluding hydrogens is 186 g/mol. The standard InChI is InChI=1S/C6H4ClNO2S/c7-5-3-1-2-4-6(5)11-8(9)10/h1-4H. The molecular formula is C6H4ClNO2S. The van der Waals surface area contributed by atoms with Crippen LogP contribution < -0.4 is 0 Å². The normalized spacial score (nSPS) is 9.55. The van der Waals surface area contributed by atoms with E-state index in [2.05, 4.69) is 0 Å². The van der Waals surface area contributed by atoms with E-state index < -0.39 is 4.33 Å². The third kappa shape index (κ3) is 2.40. The van der Waals surface area contributed by atoms with Gasteiger partial charge < -0.3 is 0 Å². The summed E-state index contributed by atoms with van der Waals surface area (Å²) in [6.45, 7) is 0. The Bertz CT molecular complexity index is 279. The Balaban J connectivity index is 2.86. The predicted octanol–water partition coefficient (Wildman–Crippen LogP) is 2.62. The Kier molecular flexibility index (Phi) is 2.73. The molecule has 1 rings (SSSR count). The van der Waals surface area contributed by atoms with Crippen molar-refractivity contribution in [2.24, 2.45) is 0 Å². The van der Waals surface area contributed by atoms with Crippen LogP contribution in [0.5, 0.6) is 0 Å². The van der Waals surface area contributed by atoms with Crippen molar-refractivity contribution in [3.63, 3.8) is 0 Å². The number of hydrogen-bond acceptors (Lipinski definition) is 3. The highest BCUT2D eigenvalue weighted by Crippen LogP contribution is 2.26. The number of benzene rings is 1. The Labute approximate surface area is 72.6 Å². The fourth-order valence-corrected chi connectivity index (χ4v) is 1.29. The molecule has 58 valence electrons. The van der Waals surface area contributed by atoms with Gasteiger partial charge in [0.25, 0.3) is 11.9 Å². The zero-order chi connectivity index (χ0) is 8.27. The van der Waals surface area contributed by atoms with Gasteiger partial charge in [-0.1, -0.05) is 23.7 Å². The molecule has 1 aromatic carbocycles. The number of hydrogen-bond donors (Lipinski definition) is 0. The van der Waals surface area contributed by atoms with Gasteiger partial charge in [0.05, 0.1) is 5.02 Å². The van der Waals surface area contributed by atoms with E-state index in [1.165, 1.54) is 0 Å². The molecule has 0 unspecified atom stereocenters. The van der Waals surface area contributed by atoms with E-state index in [0.29, 0.717) is 21.9 Å².